The van der Waals surface area contributed by atoms with Crippen LogP contribution in [-0.4, -0.2) is 45.2 Å². The quantitative estimate of drug-likeness (QED) is 0.921. The molecule has 1 saturated carbocycles. The van der Waals surface area contributed by atoms with Gasteiger partial charge in [0.15, 0.2) is 5.69 Å². The molecule has 6 nitrogen and oxygen atoms in total. The molecule has 3 heterocycles. The van der Waals surface area contributed by atoms with Gasteiger partial charge in [-0.2, -0.15) is 0 Å². The highest BCUT2D eigenvalue weighted by Crippen LogP contribution is 2.20. The van der Waals surface area contributed by atoms with Crippen molar-refractivity contribution in [2.24, 2.45) is 0 Å². The van der Waals surface area contributed by atoms with Crippen LogP contribution in [0.15, 0.2) is 24.4 Å². The first kappa shape index (κ1) is 17.1. The third-order valence-corrected chi connectivity index (χ3v) is 5.54. The van der Waals surface area contributed by atoms with Crippen LogP contribution in [0.5, 0.6) is 0 Å². The largest absolute Gasteiger partial charge is 0.348 e. The molecule has 2 aliphatic rings. The zero-order valence-corrected chi connectivity index (χ0v) is 15.1. The van der Waals surface area contributed by atoms with E-state index in [1.807, 2.05) is 29.3 Å². The van der Waals surface area contributed by atoms with Crippen LogP contribution in [-0.2, 0) is 0 Å². The standard InChI is InChI=1S/C20H26N4O2/c25-19(21-15-9-3-4-10-15)17-16-11-5-8-14-24(16)18(22-17)20(26)23-12-6-1-2-7-13-23/h5,8,11,14-15H,1-4,6-7,9-10,12-13H2,(H,21,25). The van der Waals surface area contributed by atoms with E-state index in [1.54, 1.807) is 4.40 Å². The van der Waals surface area contributed by atoms with E-state index in [4.69, 9.17) is 0 Å². The summed E-state index contributed by atoms with van der Waals surface area (Å²) < 4.78 is 1.76. The molecule has 0 bridgehead atoms. The van der Waals surface area contributed by atoms with Crippen molar-refractivity contribution in [3.8, 4) is 0 Å². The van der Waals surface area contributed by atoms with Gasteiger partial charge in [0.05, 0.1) is 5.52 Å². The lowest BCUT2D eigenvalue weighted by molar-refractivity contribution is 0.0748. The Morgan fingerprint density at radius 3 is 2.46 bits per heavy atom. The molecule has 26 heavy (non-hydrogen) atoms. The minimum absolute atomic E-state index is 0.0759. The zero-order valence-electron chi connectivity index (χ0n) is 15.1. The van der Waals surface area contributed by atoms with E-state index in [-0.39, 0.29) is 17.9 Å². The van der Waals surface area contributed by atoms with Gasteiger partial charge in [-0.25, -0.2) is 4.98 Å². The van der Waals surface area contributed by atoms with Crippen molar-refractivity contribution in [1.82, 2.24) is 19.6 Å². The second kappa shape index (κ2) is 7.48. The highest BCUT2D eigenvalue weighted by Gasteiger charge is 2.27. The number of aromatic nitrogens is 2. The van der Waals surface area contributed by atoms with Crippen molar-refractivity contribution in [2.75, 3.05) is 13.1 Å². The first-order valence-corrected chi connectivity index (χ1v) is 9.81. The maximum Gasteiger partial charge on any atom is 0.290 e. The first-order chi connectivity index (χ1) is 12.7. The fourth-order valence-corrected chi connectivity index (χ4v) is 4.09. The van der Waals surface area contributed by atoms with Crippen LogP contribution in [0, 0.1) is 0 Å². The van der Waals surface area contributed by atoms with E-state index in [2.05, 4.69) is 10.3 Å². The molecule has 138 valence electrons. The van der Waals surface area contributed by atoms with Gasteiger partial charge in [0.2, 0.25) is 5.82 Å². The third kappa shape index (κ3) is 3.32. The lowest BCUT2D eigenvalue weighted by atomic mass is 10.2. The van der Waals surface area contributed by atoms with Crippen molar-refractivity contribution in [2.45, 2.75) is 57.4 Å². The molecule has 2 aromatic heterocycles. The number of carbonyl (C=O) groups is 2. The summed E-state index contributed by atoms with van der Waals surface area (Å²) in [6.07, 6.45) is 10.6. The van der Waals surface area contributed by atoms with Crippen molar-refractivity contribution in [3.63, 3.8) is 0 Å². The van der Waals surface area contributed by atoms with Gasteiger partial charge in [-0.05, 0) is 37.8 Å². The number of imidazole rings is 1. The Hall–Kier alpha value is -2.37. The van der Waals surface area contributed by atoms with E-state index in [0.717, 1.165) is 51.6 Å². The van der Waals surface area contributed by atoms with Gasteiger partial charge in [0.1, 0.15) is 0 Å². The number of nitrogens with zero attached hydrogens (tertiary/aromatic N) is 3. The summed E-state index contributed by atoms with van der Waals surface area (Å²) in [7, 11) is 0. The molecule has 0 spiro atoms. The maximum atomic E-state index is 13.1. The van der Waals surface area contributed by atoms with Gasteiger partial charge < -0.3 is 10.2 Å². The zero-order chi connectivity index (χ0) is 17.9. The molecule has 0 unspecified atom stereocenters. The molecular weight excluding hydrogens is 328 g/mol. The van der Waals surface area contributed by atoms with E-state index in [0.29, 0.717) is 17.0 Å². The van der Waals surface area contributed by atoms with Crippen LogP contribution in [0.4, 0.5) is 0 Å². The van der Waals surface area contributed by atoms with Gasteiger partial charge in [-0.3, -0.25) is 14.0 Å². The van der Waals surface area contributed by atoms with Crippen LogP contribution in [0.1, 0.15) is 72.5 Å². The summed E-state index contributed by atoms with van der Waals surface area (Å²) in [5, 5.41) is 3.09. The number of hydrogen-bond donors (Lipinski definition) is 1. The molecule has 4 rings (SSSR count). The smallest absolute Gasteiger partial charge is 0.290 e. The Morgan fingerprint density at radius 1 is 1.00 bits per heavy atom. The van der Waals surface area contributed by atoms with Crippen LogP contribution < -0.4 is 5.32 Å². The van der Waals surface area contributed by atoms with Crippen LogP contribution in [0.3, 0.4) is 0 Å². The first-order valence-electron chi connectivity index (χ1n) is 9.81. The molecular formula is C20H26N4O2. The Balaban J connectivity index is 1.64. The van der Waals surface area contributed by atoms with Crippen LogP contribution in [0.25, 0.3) is 5.52 Å². The molecule has 0 radical (unpaired) electrons. The van der Waals surface area contributed by atoms with Crippen LogP contribution in [0.2, 0.25) is 0 Å². The lowest BCUT2D eigenvalue weighted by Gasteiger charge is -2.19. The molecule has 1 N–H and O–H groups in total. The summed E-state index contributed by atoms with van der Waals surface area (Å²) in [5.74, 6) is 0.0996. The number of fused-ring (bicyclic) bond motifs is 1. The van der Waals surface area contributed by atoms with Gasteiger partial charge in [-0.1, -0.05) is 31.7 Å². The number of amides is 2. The molecule has 1 aliphatic carbocycles. The number of rotatable bonds is 3. The average molecular weight is 354 g/mol. The predicted octanol–water partition coefficient (Wildman–Crippen LogP) is 3.02. The monoisotopic (exact) mass is 354 g/mol. The molecule has 2 aromatic rings. The molecule has 2 amide bonds. The molecule has 2 fully saturated rings. The fourth-order valence-electron chi connectivity index (χ4n) is 4.09. The summed E-state index contributed by atoms with van der Waals surface area (Å²) in [4.78, 5) is 32.2. The summed E-state index contributed by atoms with van der Waals surface area (Å²) in [6, 6.07) is 5.83. The van der Waals surface area contributed by atoms with E-state index in [1.165, 1.54) is 12.8 Å². The van der Waals surface area contributed by atoms with E-state index >= 15 is 0 Å². The van der Waals surface area contributed by atoms with Crippen molar-refractivity contribution >= 4 is 17.3 Å². The van der Waals surface area contributed by atoms with Gasteiger partial charge in [0.25, 0.3) is 11.8 Å². The van der Waals surface area contributed by atoms with Crippen molar-refractivity contribution < 1.29 is 9.59 Å². The second-order valence-electron chi connectivity index (χ2n) is 7.40. The topological polar surface area (TPSA) is 66.7 Å². The molecule has 1 aliphatic heterocycles. The predicted molar refractivity (Wildman–Crippen MR) is 99.3 cm³/mol. The van der Waals surface area contributed by atoms with Crippen molar-refractivity contribution in [1.29, 1.82) is 0 Å². The average Bonchev–Trinajstić information content (AvgIpc) is 3.21. The number of pyridine rings is 1. The fraction of sp³-hybridized carbons (Fsp3) is 0.550. The minimum atomic E-state index is -0.171. The van der Waals surface area contributed by atoms with E-state index in [9.17, 15) is 9.59 Å². The minimum Gasteiger partial charge on any atom is -0.348 e. The molecule has 0 atom stereocenters. The van der Waals surface area contributed by atoms with Gasteiger partial charge in [0, 0.05) is 25.3 Å². The highest BCUT2D eigenvalue weighted by molar-refractivity contribution is 6.02. The van der Waals surface area contributed by atoms with Crippen LogP contribution >= 0.6 is 0 Å². The van der Waals surface area contributed by atoms with E-state index < -0.39 is 0 Å². The number of likely N-dealkylation sites (tertiary alicyclic amines) is 1. The summed E-state index contributed by atoms with van der Waals surface area (Å²) in [5.41, 5.74) is 1.05. The normalized spacial score (nSPS) is 18.8. The molecule has 0 aromatic carbocycles. The highest BCUT2D eigenvalue weighted by atomic mass is 16.2. The lowest BCUT2D eigenvalue weighted by Crippen LogP contribution is -2.34. The summed E-state index contributed by atoms with van der Waals surface area (Å²) in [6.45, 7) is 1.54. The third-order valence-electron chi connectivity index (χ3n) is 5.54. The molecule has 1 saturated heterocycles. The Kier molecular flexibility index (Phi) is 4.91. The Morgan fingerprint density at radius 2 is 1.73 bits per heavy atom. The van der Waals surface area contributed by atoms with Crippen molar-refractivity contribution in [3.05, 3.63) is 35.9 Å². The molecule has 6 heteroatoms. The number of carbonyl (C=O) groups excluding carboxylic acids is 2. The maximum absolute atomic E-state index is 13.1. The number of hydrogen-bond acceptors (Lipinski definition) is 3. The summed E-state index contributed by atoms with van der Waals surface area (Å²) >= 11 is 0. The van der Waals surface area contributed by atoms with Gasteiger partial charge >= 0.3 is 0 Å². The van der Waals surface area contributed by atoms with Gasteiger partial charge in [-0.15, -0.1) is 0 Å². The Labute approximate surface area is 153 Å². The number of nitrogens with one attached hydrogen (secondary N) is 1. The Bertz CT molecular complexity index is 799. The SMILES string of the molecule is O=C(NC1CCCC1)c1nc(C(=O)N2CCCCCC2)n2ccccc12. The second-order valence-corrected chi connectivity index (χ2v) is 7.40.